The minimum Gasteiger partial charge on any atom is -0.478 e. The fourth-order valence-corrected chi connectivity index (χ4v) is 3.94. The highest BCUT2D eigenvalue weighted by atomic mass is 16.5. The van der Waals surface area contributed by atoms with Gasteiger partial charge in [-0.3, -0.25) is 10.2 Å². The van der Waals surface area contributed by atoms with E-state index in [4.69, 9.17) is 4.74 Å². The number of nitrogens with zero attached hydrogens (tertiary/aromatic N) is 2. The molecule has 0 fully saturated rings. The monoisotopic (exact) mass is 418 g/mol. The maximum absolute atomic E-state index is 11.6. The molecule has 2 aliphatic rings. The summed E-state index contributed by atoms with van der Waals surface area (Å²) in [5.41, 5.74) is 3.87. The number of aromatic nitrogens is 1. The molecule has 0 saturated heterocycles. The van der Waals surface area contributed by atoms with E-state index < -0.39 is 0 Å². The van der Waals surface area contributed by atoms with E-state index in [-0.39, 0.29) is 6.03 Å². The molecule has 0 bridgehead atoms. The summed E-state index contributed by atoms with van der Waals surface area (Å²) in [7, 11) is 0. The van der Waals surface area contributed by atoms with Gasteiger partial charge in [0, 0.05) is 25.7 Å². The summed E-state index contributed by atoms with van der Waals surface area (Å²) in [5.74, 6) is 1.16. The summed E-state index contributed by atoms with van der Waals surface area (Å²) in [6.07, 6.45) is 3.91. The molecule has 0 atom stereocenters. The van der Waals surface area contributed by atoms with Crippen LogP contribution in [-0.4, -0.2) is 42.2 Å². The minimum absolute atomic E-state index is 0.212. The van der Waals surface area contributed by atoms with Gasteiger partial charge >= 0.3 is 6.03 Å². The number of rotatable bonds is 6. The second-order valence-electron chi connectivity index (χ2n) is 7.91. The number of amides is 2. The van der Waals surface area contributed by atoms with Crippen molar-refractivity contribution < 1.29 is 9.53 Å². The van der Waals surface area contributed by atoms with Gasteiger partial charge in [-0.25, -0.2) is 4.79 Å². The lowest BCUT2D eigenvalue weighted by Crippen LogP contribution is -2.31. The van der Waals surface area contributed by atoms with Gasteiger partial charge in [0.25, 0.3) is 0 Å². The SMILES string of the molecule is O=C1NCCc2ccc(OCCCCN3CCc4ccccccccc4C3)nc2N1. The molecule has 162 valence electrons. The highest BCUT2D eigenvalue weighted by Gasteiger charge is 2.15. The summed E-state index contributed by atoms with van der Waals surface area (Å²) in [6, 6.07) is 20.7. The molecule has 2 amide bonds. The van der Waals surface area contributed by atoms with Crippen molar-refractivity contribution in [2.45, 2.75) is 32.2 Å². The molecule has 2 aromatic rings. The third kappa shape index (κ3) is 6.18. The van der Waals surface area contributed by atoms with Gasteiger partial charge in [-0.05, 0) is 55.0 Å². The van der Waals surface area contributed by atoms with Gasteiger partial charge in [0.05, 0.1) is 6.61 Å². The van der Waals surface area contributed by atoms with Crippen LogP contribution in [0.2, 0.25) is 0 Å². The maximum atomic E-state index is 11.6. The summed E-state index contributed by atoms with van der Waals surface area (Å²) >= 11 is 0. The Morgan fingerprint density at radius 3 is 2.58 bits per heavy atom. The van der Waals surface area contributed by atoms with Crippen LogP contribution in [0.3, 0.4) is 0 Å². The van der Waals surface area contributed by atoms with E-state index in [1.807, 2.05) is 12.1 Å². The standard InChI is InChI=1S/C25H30N4O2/c30-25-26-15-13-21-11-12-23(27-24(21)28-25)31-18-8-7-16-29-17-14-20-9-5-3-1-2-4-6-10-22(20)19-29/h1-6,9-12H,7-8,13-19H2,(H2,26,27,28,30). The van der Waals surface area contributed by atoms with E-state index in [2.05, 4.69) is 69.0 Å². The Hall–Kier alpha value is -3.12. The topological polar surface area (TPSA) is 66.5 Å². The van der Waals surface area contributed by atoms with E-state index in [0.717, 1.165) is 50.9 Å². The van der Waals surface area contributed by atoms with E-state index in [9.17, 15) is 4.79 Å². The fraction of sp³-hybridized carbons (Fsp3) is 0.360. The average Bonchev–Trinajstić information content (AvgIpc) is 2.97. The lowest BCUT2D eigenvalue weighted by Gasteiger charge is -2.28. The van der Waals surface area contributed by atoms with Gasteiger partial charge < -0.3 is 10.1 Å². The molecule has 6 nitrogen and oxygen atoms in total. The first kappa shape index (κ1) is 21.1. The smallest absolute Gasteiger partial charge is 0.320 e. The van der Waals surface area contributed by atoms with Crippen LogP contribution >= 0.6 is 0 Å². The molecule has 2 aliphatic heterocycles. The van der Waals surface area contributed by atoms with Gasteiger partial charge in [-0.15, -0.1) is 0 Å². The Morgan fingerprint density at radius 1 is 0.903 bits per heavy atom. The number of pyridine rings is 1. The maximum Gasteiger partial charge on any atom is 0.320 e. The number of unbranched alkanes of at least 4 members (excludes halogenated alkanes) is 1. The number of nitrogens with one attached hydrogen (secondary N) is 2. The second-order valence-corrected chi connectivity index (χ2v) is 7.91. The van der Waals surface area contributed by atoms with Crippen LogP contribution in [0.25, 0.3) is 0 Å². The fourth-order valence-electron chi connectivity index (χ4n) is 3.94. The van der Waals surface area contributed by atoms with Crippen LogP contribution in [0, 0.1) is 0 Å². The van der Waals surface area contributed by atoms with Crippen LogP contribution < -0.4 is 15.4 Å². The molecule has 4 rings (SSSR count). The Morgan fingerprint density at radius 2 is 1.71 bits per heavy atom. The summed E-state index contributed by atoms with van der Waals surface area (Å²) in [5, 5.41) is 5.55. The molecule has 0 aliphatic carbocycles. The van der Waals surface area contributed by atoms with E-state index in [1.54, 1.807) is 0 Å². The number of hydrogen-bond acceptors (Lipinski definition) is 4. The normalized spacial score (nSPS) is 15.4. The number of carbonyl (C=O) groups excluding carboxylic acids is 1. The molecular formula is C25H30N4O2. The third-order valence-corrected chi connectivity index (χ3v) is 5.64. The van der Waals surface area contributed by atoms with E-state index in [1.165, 1.54) is 11.1 Å². The first-order chi connectivity index (χ1) is 15.3. The van der Waals surface area contributed by atoms with Crippen molar-refractivity contribution in [3.63, 3.8) is 0 Å². The predicted octanol–water partition coefficient (Wildman–Crippen LogP) is 4.10. The van der Waals surface area contributed by atoms with Crippen molar-refractivity contribution in [1.29, 1.82) is 0 Å². The zero-order chi connectivity index (χ0) is 21.3. The lowest BCUT2D eigenvalue weighted by atomic mass is 10.0. The minimum atomic E-state index is -0.212. The molecule has 6 heteroatoms. The number of ether oxygens (including phenoxy) is 1. The average molecular weight is 419 g/mol. The van der Waals surface area contributed by atoms with Gasteiger partial charge in [0.15, 0.2) is 0 Å². The van der Waals surface area contributed by atoms with Crippen molar-refractivity contribution in [2.75, 3.05) is 31.6 Å². The highest BCUT2D eigenvalue weighted by Crippen LogP contribution is 2.20. The molecule has 31 heavy (non-hydrogen) atoms. The van der Waals surface area contributed by atoms with Gasteiger partial charge in [-0.2, -0.15) is 4.98 Å². The van der Waals surface area contributed by atoms with Crippen molar-refractivity contribution in [3.8, 4) is 5.88 Å². The zero-order valence-corrected chi connectivity index (χ0v) is 17.8. The van der Waals surface area contributed by atoms with Crippen molar-refractivity contribution in [3.05, 3.63) is 77.4 Å². The number of anilines is 1. The van der Waals surface area contributed by atoms with Gasteiger partial charge in [-0.1, -0.05) is 48.5 Å². The molecule has 0 saturated carbocycles. The van der Waals surface area contributed by atoms with Crippen LogP contribution in [0.15, 0.2) is 60.7 Å². The number of urea groups is 1. The highest BCUT2D eigenvalue weighted by molar-refractivity contribution is 5.89. The van der Waals surface area contributed by atoms with E-state index >= 15 is 0 Å². The number of hydrogen-bond donors (Lipinski definition) is 2. The van der Waals surface area contributed by atoms with Crippen LogP contribution in [0.4, 0.5) is 10.6 Å². The Kier molecular flexibility index (Phi) is 7.34. The molecule has 3 heterocycles. The third-order valence-electron chi connectivity index (χ3n) is 5.64. The molecule has 2 N–H and O–H groups in total. The number of carbonyl (C=O) groups is 1. The molecular weight excluding hydrogens is 388 g/mol. The van der Waals surface area contributed by atoms with Crippen molar-refractivity contribution in [1.82, 2.24) is 15.2 Å². The first-order valence-electron chi connectivity index (χ1n) is 11.1. The van der Waals surface area contributed by atoms with Crippen LogP contribution in [0.1, 0.15) is 29.5 Å². The second kappa shape index (κ2) is 10.8. The first-order valence-corrected chi connectivity index (χ1v) is 11.1. The summed E-state index contributed by atoms with van der Waals surface area (Å²) in [6.45, 7) is 4.40. The lowest BCUT2D eigenvalue weighted by molar-refractivity contribution is 0.233. The van der Waals surface area contributed by atoms with Gasteiger partial charge in [0.2, 0.25) is 5.88 Å². The molecule has 0 spiro atoms. The summed E-state index contributed by atoms with van der Waals surface area (Å²) < 4.78 is 5.83. The summed E-state index contributed by atoms with van der Waals surface area (Å²) in [4.78, 5) is 18.6. The molecule has 1 aromatic carbocycles. The van der Waals surface area contributed by atoms with Crippen LogP contribution in [0.5, 0.6) is 5.88 Å². The quantitative estimate of drug-likeness (QED) is 0.693. The largest absolute Gasteiger partial charge is 0.478 e. The van der Waals surface area contributed by atoms with Gasteiger partial charge in [0.1, 0.15) is 5.82 Å². The number of fused-ring (bicyclic) bond motifs is 2. The molecule has 0 radical (unpaired) electrons. The molecule has 0 unspecified atom stereocenters. The Bertz CT molecular complexity index is 962. The molecule has 1 aromatic heterocycles. The van der Waals surface area contributed by atoms with E-state index in [0.29, 0.717) is 24.8 Å². The Labute approximate surface area is 184 Å². The van der Waals surface area contributed by atoms with Crippen molar-refractivity contribution >= 4 is 11.8 Å². The zero-order valence-electron chi connectivity index (χ0n) is 17.8. The Balaban J connectivity index is 1.24. The van der Waals surface area contributed by atoms with Crippen LogP contribution in [-0.2, 0) is 19.4 Å². The predicted molar refractivity (Wildman–Crippen MR) is 123 cm³/mol. The van der Waals surface area contributed by atoms with Crippen molar-refractivity contribution in [2.24, 2.45) is 0 Å².